The molecule has 0 bridgehead atoms. The monoisotopic (exact) mass is 269 g/mol. The van der Waals surface area contributed by atoms with Crippen LogP contribution in [0.4, 0.5) is 5.13 Å². The van der Waals surface area contributed by atoms with Gasteiger partial charge in [0.1, 0.15) is 0 Å². The van der Waals surface area contributed by atoms with Gasteiger partial charge in [-0.1, -0.05) is 27.7 Å². The highest BCUT2D eigenvalue weighted by atomic mass is 32.1. The van der Waals surface area contributed by atoms with Gasteiger partial charge in [0.25, 0.3) is 0 Å². The average Bonchev–Trinajstić information content (AvgIpc) is 2.69. The van der Waals surface area contributed by atoms with Crippen LogP contribution in [0.25, 0.3) is 0 Å². The Labute approximate surface area is 116 Å². The minimum absolute atomic E-state index is 0.260. The van der Waals surface area contributed by atoms with E-state index < -0.39 is 0 Å². The van der Waals surface area contributed by atoms with E-state index in [0.717, 1.165) is 18.1 Å². The molecular formula is C14H27N3S. The van der Waals surface area contributed by atoms with Crippen molar-refractivity contribution in [3.8, 4) is 0 Å². The van der Waals surface area contributed by atoms with Gasteiger partial charge in [-0.2, -0.15) is 0 Å². The van der Waals surface area contributed by atoms with Crippen molar-refractivity contribution in [2.24, 2.45) is 5.41 Å². The summed E-state index contributed by atoms with van der Waals surface area (Å²) in [5.41, 5.74) is 1.49. The quantitative estimate of drug-likeness (QED) is 0.889. The predicted molar refractivity (Wildman–Crippen MR) is 81.6 cm³/mol. The van der Waals surface area contributed by atoms with E-state index >= 15 is 0 Å². The molecule has 18 heavy (non-hydrogen) atoms. The fourth-order valence-corrected chi connectivity index (χ4v) is 3.04. The molecule has 4 heteroatoms. The van der Waals surface area contributed by atoms with Crippen LogP contribution >= 0.6 is 11.3 Å². The second kappa shape index (κ2) is 6.02. The second-order valence-electron chi connectivity index (χ2n) is 5.90. The van der Waals surface area contributed by atoms with Gasteiger partial charge < -0.3 is 10.2 Å². The first-order chi connectivity index (χ1) is 8.31. The van der Waals surface area contributed by atoms with Crippen LogP contribution in [-0.2, 0) is 13.0 Å². The number of hydrogen-bond donors (Lipinski definition) is 1. The molecule has 0 aliphatic carbocycles. The minimum atomic E-state index is 0.260. The van der Waals surface area contributed by atoms with E-state index in [1.807, 2.05) is 18.4 Å². The Morgan fingerprint density at radius 1 is 1.39 bits per heavy atom. The summed E-state index contributed by atoms with van der Waals surface area (Å²) in [5.74, 6) is 0. The molecule has 0 amide bonds. The summed E-state index contributed by atoms with van der Waals surface area (Å²) in [5, 5.41) is 4.36. The maximum absolute atomic E-state index is 4.79. The van der Waals surface area contributed by atoms with Crippen molar-refractivity contribution < 1.29 is 0 Å². The van der Waals surface area contributed by atoms with Crippen molar-refractivity contribution in [1.29, 1.82) is 0 Å². The largest absolute Gasteiger partial charge is 0.348 e. The molecule has 1 N–H and O–H groups in total. The zero-order valence-corrected chi connectivity index (χ0v) is 13.6. The molecule has 0 spiro atoms. The molecule has 3 nitrogen and oxygen atoms in total. The number of rotatable bonds is 5. The number of thiazole rings is 1. The van der Waals surface area contributed by atoms with Gasteiger partial charge in [-0.15, -0.1) is 11.3 Å². The molecule has 0 aromatic carbocycles. The summed E-state index contributed by atoms with van der Waals surface area (Å²) in [6.45, 7) is 12.2. The number of aromatic nitrogens is 1. The van der Waals surface area contributed by atoms with Crippen molar-refractivity contribution >= 4 is 16.5 Å². The van der Waals surface area contributed by atoms with E-state index in [2.05, 4.69) is 51.9 Å². The van der Waals surface area contributed by atoms with Crippen molar-refractivity contribution in [3.05, 3.63) is 10.6 Å². The third kappa shape index (κ3) is 3.45. The number of aryl methyl sites for hydroxylation is 1. The van der Waals surface area contributed by atoms with Gasteiger partial charge in [0.05, 0.1) is 5.69 Å². The number of hydrogen-bond acceptors (Lipinski definition) is 4. The first-order valence-electron chi connectivity index (χ1n) is 6.67. The van der Waals surface area contributed by atoms with Gasteiger partial charge in [-0.3, -0.25) is 0 Å². The van der Waals surface area contributed by atoms with Crippen molar-refractivity contribution in [3.63, 3.8) is 0 Å². The summed E-state index contributed by atoms with van der Waals surface area (Å²) in [6, 6.07) is 0.468. The van der Waals surface area contributed by atoms with E-state index in [1.54, 1.807) is 0 Å². The van der Waals surface area contributed by atoms with Crippen LogP contribution in [0.2, 0.25) is 0 Å². The van der Waals surface area contributed by atoms with Gasteiger partial charge in [0.15, 0.2) is 5.13 Å². The topological polar surface area (TPSA) is 28.2 Å². The van der Waals surface area contributed by atoms with Gasteiger partial charge >= 0.3 is 0 Å². The molecule has 0 aliphatic rings. The van der Waals surface area contributed by atoms with Crippen LogP contribution in [0.5, 0.6) is 0 Å². The molecule has 0 saturated carbocycles. The third-order valence-corrected chi connectivity index (χ3v) is 4.76. The van der Waals surface area contributed by atoms with Crippen LogP contribution in [0, 0.1) is 5.41 Å². The molecule has 104 valence electrons. The van der Waals surface area contributed by atoms with E-state index in [9.17, 15) is 0 Å². The van der Waals surface area contributed by atoms with Gasteiger partial charge in [-0.05, 0) is 25.8 Å². The maximum atomic E-state index is 4.79. The molecule has 1 heterocycles. The molecule has 1 atom stereocenters. The zero-order chi connectivity index (χ0) is 13.9. The van der Waals surface area contributed by atoms with E-state index in [4.69, 9.17) is 4.98 Å². The highest BCUT2D eigenvalue weighted by Crippen LogP contribution is 2.32. The highest BCUT2D eigenvalue weighted by Gasteiger charge is 2.26. The first kappa shape index (κ1) is 15.4. The maximum Gasteiger partial charge on any atom is 0.185 e. The molecule has 0 aliphatic heterocycles. The zero-order valence-electron chi connectivity index (χ0n) is 12.8. The van der Waals surface area contributed by atoms with E-state index in [-0.39, 0.29) is 5.41 Å². The molecule has 0 radical (unpaired) electrons. The standard InChI is InChI=1S/C14H27N3S/c1-8-11-12(9-15-6)18-13(16-11)17(7)10(2)14(3,4)5/h10,15H,8-9H2,1-7H3. The van der Waals surface area contributed by atoms with Crippen LogP contribution < -0.4 is 10.2 Å². The smallest absolute Gasteiger partial charge is 0.185 e. The Morgan fingerprint density at radius 3 is 2.44 bits per heavy atom. The number of nitrogens with one attached hydrogen (secondary N) is 1. The van der Waals surface area contributed by atoms with Crippen molar-refractivity contribution in [2.45, 2.75) is 53.6 Å². The van der Waals surface area contributed by atoms with Crippen LogP contribution in [0.1, 0.15) is 45.2 Å². The Morgan fingerprint density at radius 2 is 2.00 bits per heavy atom. The summed E-state index contributed by atoms with van der Waals surface area (Å²) in [7, 11) is 4.14. The van der Waals surface area contributed by atoms with E-state index in [1.165, 1.54) is 10.6 Å². The molecule has 1 unspecified atom stereocenters. The van der Waals surface area contributed by atoms with Crippen LogP contribution in [-0.4, -0.2) is 25.1 Å². The van der Waals surface area contributed by atoms with Gasteiger partial charge in [0.2, 0.25) is 0 Å². The Hall–Kier alpha value is -0.610. The molecule has 0 saturated heterocycles. The summed E-state index contributed by atoms with van der Waals surface area (Å²) in [6.07, 6.45) is 1.01. The lowest BCUT2D eigenvalue weighted by Gasteiger charge is -2.35. The van der Waals surface area contributed by atoms with Crippen molar-refractivity contribution in [1.82, 2.24) is 10.3 Å². The lowest BCUT2D eigenvalue weighted by Crippen LogP contribution is -2.39. The Kier molecular flexibility index (Phi) is 5.17. The third-order valence-electron chi connectivity index (χ3n) is 3.58. The number of anilines is 1. The molecule has 1 aromatic rings. The Bertz CT molecular complexity index is 379. The van der Waals surface area contributed by atoms with Crippen molar-refractivity contribution in [2.75, 3.05) is 19.0 Å². The van der Waals surface area contributed by atoms with Gasteiger partial charge in [0, 0.05) is 24.5 Å². The summed E-state index contributed by atoms with van der Waals surface area (Å²) in [4.78, 5) is 8.46. The minimum Gasteiger partial charge on any atom is -0.348 e. The second-order valence-corrected chi connectivity index (χ2v) is 6.97. The molecule has 1 rings (SSSR count). The van der Waals surface area contributed by atoms with E-state index in [0.29, 0.717) is 6.04 Å². The average molecular weight is 269 g/mol. The highest BCUT2D eigenvalue weighted by molar-refractivity contribution is 7.15. The SMILES string of the molecule is CCc1nc(N(C)C(C)C(C)(C)C)sc1CNC. The molecular weight excluding hydrogens is 242 g/mol. The molecule has 0 fully saturated rings. The lowest BCUT2D eigenvalue weighted by atomic mass is 9.87. The molecule has 1 aromatic heterocycles. The predicted octanol–water partition coefficient (Wildman–Crippen LogP) is 3.30. The summed E-state index contributed by atoms with van der Waals surface area (Å²) < 4.78 is 0. The van der Waals surface area contributed by atoms with Crippen LogP contribution in [0.15, 0.2) is 0 Å². The fraction of sp³-hybridized carbons (Fsp3) is 0.786. The number of nitrogens with zero attached hydrogens (tertiary/aromatic N) is 2. The van der Waals surface area contributed by atoms with Crippen LogP contribution in [0.3, 0.4) is 0 Å². The first-order valence-corrected chi connectivity index (χ1v) is 7.48. The normalized spacial score (nSPS) is 13.7. The van der Waals surface area contributed by atoms with Gasteiger partial charge in [-0.25, -0.2) is 4.98 Å². The fourth-order valence-electron chi connectivity index (χ4n) is 1.84. The summed E-state index contributed by atoms with van der Waals surface area (Å²) >= 11 is 1.81. The lowest BCUT2D eigenvalue weighted by molar-refractivity contribution is 0.329. The Balaban J connectivity index is 2.96.